The first kappa shape index (κ1) is 6.55. The number of para-hydroxylation sites is 2. The van der Waals surface area contributed by atoms with E-state index >= 15 is 0 Å². The van der Waals surface area contributed by atoms with Crippen LogP contribution in [0.4, 0.5) is 0 Å². The molecule has 0 atom stereocenters. The van der Waals surface area contributed by atoms with Crippen LogP contribution in [0.5, 0.6) is 0 Å². The first-order chi connectivity index (χ1) is 12.8. The molecule has 2 aromatic heterocycles. The van der Waals surface area contributed by atoms with Gasteiger partial charge in [-0.05, 0) is 40.1 Å². The largest absolute Gasteiger partial charge is 0.307 e. The molecule has 0 fully saturated rings. The third-order valence-corrected chi connectivity index (χ3v) is 3.76. The fourth-order valence-electron chi connectivity index (χ4n) is 2.26. The number of pyridine rings is 1. The molecule has 2 aromatic carbocycles. The minimum Gasteiger partial charge on any atom is -0.307 e. The van der Waals surface area contributed by atoms with Crippen molar-refractivity contribution < 1.29 is 9.60 Å². The Morgan fingerprint density at radius 2 is 1.80 bits per heavy atom. The summed E-state index contributed by atoms with van der Waals surface area (Å²) in [6, 6.07) is 5.40. The highest BCUT2D eigenvalue weighted by Crippen LogP contribution is 2.33. The maximum absolute atomic E-state index is 8.40. The highest BCUT2D eigenvalue weighted by Gasteiger charge is 2.12. The summed E-state index contributed by atoms with van der Waals surface area (Å²) >= 11 is 3.44. The minimum absolute atomic E-state index is 0.112. The standard InChI is InChI=1S/C17H11BrN2/c18-14-6-2-4-8-16(14)20-15-7-3-1-5-12(15)13-9-10-19-11-17(13)20/h1-11H/i1D,3D,5D,7D,9D,10D,11D. The molecule has 0 radical (unpaired) electrons. The second-order valence-corrected chi connectivity index (χ2v) is 5.05. The fraction of sp³-hybridized carbons (Fsp3) is 0. The van der Waals surface area contributed by atoms with Gasteiger partial charge in [0.2, 0.25) is 0 Å². The van der Waals surface area contributed by atoms with Gasteiger partial charge in [0.1, 0.15) is 0 Å². The number of fused-ring (bicyclic) bond motifs is 3. The van der Waals surface area contributed by atoms with Gasteiger partial charge in [-0.1, -0.05) is 30.3 Å². The Morgan fingerprint density at radius 1 is 1.00 bits per heavy atom. The molecule has 0 saturated carbocycles. The van der Waals surface area contributed by atoms with Crippen molar-refractivity contribution >= 4 is 37.7 Å². The molecule has 0 aliphatic rings. The predicted octanol–water partition coefficient (Wildman–Crippen LogP) is 4.94. The van der Waals surface area contributed by atoms with Crippen molar-refractivity contribution in [3.8, 4) is 5.69 Å². The molecule has 20 heavy (non-hydrogen) atoms. The smallest absolute Gasteiger partial charge is 0.0863 e. The number of hydrogen-bond donors (Lipinski definition) is 0. The van der Waals surface area contributed by atoms with Crippen LogP contribution in [0.1, 0.15) is 9.60 Å². The summed E-state index contributed by atoms with van der Waals surface area (Å²) in [5.74, 6) is 0. The monoisotopic (exact) mass is 329 g/mol. The molecule has 0 spiro atoms. The molecular weight excluding hydrogens is 312 g/mol. The molecule has 0 saturated heterocycles. The quantitative estimate of drug-likeness (QED) is 0.483. The van der Waals surface area contributed by atoms with Crippen LogP contribution in [0.15, 0.2) is 71.3 Å². The molecule has 2 heterocycles. The van der Waals surface area contributed by atoms with E-state index in [0.717, 1.165) is 0 Å². The van der Waals surface area contributed by atoms with E-state index in [-0.39, 0.29) is 46.1 Å². The Morgan fingerprint density at radius 3 is 2.70 bits per heavy atom. The first-order valence-electron chi connectivity index (χ1n) is 9.38. The van der Waals surface area contributed by atoms with Gasteiger partial charge in [-0.15, -0.1) is 0 Å². The zero-order valence-corrected chi connectivity index (χ0v) is 11.7. The van der Waals surface area contributed by atoms with Gasteiger partial charge in [0.15, 0.2) is 0 Å². The van der Waals surface area contributed by atoms with E-state index in [1.165, 1.54) is 4.57 Å². The second kappa shape index (κ2) is 4.46. The number of nitrogens with zero attached hydrogens (tertiary/aromatic N) is 2. The average molecular weight is 330 g/mol. The summed E-state index contributed by atoms with van der Waals surface area (Å²) in [7, 11) is 0. The van der Waals surface area contributed by atoms with E-state index in [0.29, 0.717) is 10.2 Å². The zero-order valence-electron chi connectivity index (χ0n) is 17.1. The first-order valence-corrected chi connectivity index (χ1v) is 6.68. The maximum atomic E-state index is 8.40. The van der Waals surface area contributed by atoms with Crippen LogP contribution in [-0.4, -0.2) is 9.55 Å². The van der Waals surface area contributed by atoms with Gasteiger partial charge in [0.05, 0.1) is 32.5 Å². The average Bonchev–Trinajstić information content (AvgIpc) is 3.00. The van der Waals surface area contributed by atoms with E-state index < -0.39 is 18.3 Å². The van der Waals surface area contributed by atoms with Crippen LogP contribution < -0.4 is 0 Å². The molecule has 96 valence electrons. The van der Waals surface area contributed by atoms with Crippen LogP contribution in [0.25, 0.3) is 27.5 Å². The topological polar surface area (TPSA) is 17.8 Å². The van der Waals surface area contributed by atoms with Gasteiger partial charge >= 0.3 is 0 Å². The molecule has 0 bridgehead atoms. The summed E-state index contributed by atoms with van der Waals surface area (Å²) < 4.78 is 59.3. The van der Waals surface area contributed by atoms with Crippen molar-refractivity contribution in [2.75, 3.05) is 0 Å². The van der Waals surface area contributed by atoms with Gasteiger partial charge in [0, 0.05) is 21.4 Å². The number of rotatable bonds is 1. The van der Waals surface area contributed by atoms with Gasteiger partial charge in [-0.2, -0.15) is 0 Å². The third-order valence-electron chi connectivity index (χ3n) is 3.09. The molecule has 4 rings (SSSR count). The zero-order chi connectivity index (χ0) is 19.6. The number of halogens is 1. The molecule has 0 amide bonds. The van der Waals surface area contributed by atoms with Crippen molar-refractivity contribution in [3.63, 3.8) is 0 Å². The van der Waals surface area contributed by atoms with E-state index in [1.54, 1.807) is 24.3 Å². The van der Waals surface area contributed by atoms with Crippen molar-refractivity contribution in [1.82, 2.24) is 9.55 Å². The van der Waals surface area contributed by atoms with Crippen molar-refractivity contribution in [1.29, 1.82) is 0 Å². The Hall–Kier alpha value is -2.13. The molecule has 3 heteroatoms. The Kier molecular flexibility index (Phi) is 1.46. The lowest BCUT2D eigenvalue weighted by Gasteiger charge is -2.09. The lowest BCUT2D eigenvalue weighted by molar-refractivity contribution is 1.15. The van der Waals surface area contributed by atoms with Gasteiger partial charge in [-0.25, -0.2) is 0 Å². The number of benzene rings is 2. The highest BCUT2D eigenvalue weighted by atomic mass is 79.9. The third kappa shape index (κ3) is 1.60. The van der Waals surface area contributed by atoms with Gasteiger partial charge in [-0.3, -0.25) is 4.98 Å². The SMILES string of the molecule is [2H]c1nc([2H])c2c(c1[2H])c1c([2H])c([2H])c([2H])c([2H])c1n2-c1ccccc1Br. The Balaban J connectivity index is 2.44. The summed E-state index contributed by atoms with van der Waals surface area (Å²) in [5.41, 5.74) is 0.872. The second-order valence-electron chi connectivity index (χ2n) is 4.19. The molecule has 2 nitrogen and oxygen atoms in total. The van der Waals surface area contributed by atoms with E-state index in [2.05, 4.69) is 20.9 Å². The predicted molar refractivity (Wildman–Crippen MR) is 86.3 cm³/mol. The van der Waals surface area contributed by atoms with Gasteiger partial charge < -0.3 is 4.57 Å². The van der Waals surface area contributed by atoms with E-state index in [1.807, 2.05) is 0 Å². The fourth-order valence-corrected chi connectivity index (χ4v) is 2.72. The molecule has 0 aliphatic carbocycles. The Bertz CT molecular complexity index is 1270. The highest BCUT2D eigenvalue weighted by molar-refractivity contribution is 9.10. The normalized spacial score (nSPS) is 16.1. The van der Waals surface area contributed by atoms with Crippen molar-refractivity contribution in [2.45, 2.75) is 0 Å². The van der Waals surface area contributed by atoms with Crippen LogP contribution >= 0.6 is 15.9 Å². The van der Waals surface area contributed by atoms with E-state index in [4.69, 9.17) is 9.60 Å². The number of aromatic nitrogens is 2. The van der Waals surface area contributed by atoms with Gasteiger partial charge in [0.25, 0.3) is 0 Å². The van der Waals surface area contributed by atoms with Crippen LogP contribution in [-0.2, 0) is 0 Å². The lowest BCUT2D eigenvalue weighted by Crippen LogP contribution is -1.94. The van der Waals surface area contributed by atoms with Crippen LogP contribution in [0.3, 0.4) is 0 Å². The maximum Gasteiger partial charge on any atom is 0.0863 e. The molecular formula is C17H11BrN2. The number of hydrogen-bond acceptors (Lipinski definition) is 1. The summed E-state index contributed by atoms with van der Waals surface area (Å²) in [6.45, 7) is 0. The summed E-state index contributed by atoms with van der Waals surface area (Å²) in [4.78, 5) is 3.81. The summed E-state index contributed by atoms with van der Waals surface area (Å²) in [6.07, 6.45) is -0.680. The van der Waals surface area contributed by atoms with Crippen LogP contribution in [0, 0.1) is 0 Å². The lowest BCUT2D eigenvalue weighted by atomic mass is 10.2. The Labute approximate surface area is 134 Å². The van der Waals surface area contributed by atoms with Crippen molar-refractivity contribution in [3.05, 3.63) is 71.3 Å². The molecule has 0 N–H and O–H groups in total. The van der Waals surface area contributed by atoms with Crippen LogP contribution in [0.2, 0.25) is 0 Å². The molecule has 0 aliphatic heterocycles. The summed E-state index contributed by atoms with van der Waals surface area (Å²) in [5, 5.41) is 0.235. The van der Waals surface area contributed by atoms with Crippen molar-refractivity contribution in [2.24, 2.45) is 0 Å². The van der Waals surface area contributed by atoms with E-state index in [9.17, 15) is 0 Å². The molecule has 0 unspecified atom stereocenters. The molecule has 4 aromatic rings. The minimum atomic E-state index is -0.423.